The first kappa shape index (κ1) is 16.7. The van der Waals surface area contributed by atoms with Crippen molar-refractivity contribution in [3.05, 3.63) is 46.0 Å². The number of fused-ring (bicyclic) bond motifs is 1. The number of aryl methyl sites for hydroxylation is 1. The predicted octanol–water partition coefficient (Wildman–Crippen LogP) is 1.38. The number of rotatable bonds is 7. The second-order valence-electron chi connectivity index (χ2n) is 5.37. The molecule has 0 aliphatic rings. The third-order valence-corrected chi connectivity index (χ3v) is 3.46. The molecule has 2 N–H and O–H groups in total. The molecule has 0 radical (unpaired) electrons. The molecule has 0 bridgehead atoms. The molecule has 7 heteroatoms. The molecule has 0 saturated carbocycles. The molecule has 0 unspecified atom stereocenters. The molecule has 2 aromatic heterocycles. The fourth-order valence-corrected chi connectivity index (χ4v) is 2.21. The number of carbonyl (C=O) groups is 2. The van der Waals surface area contributed by atoms with Crippen LogP contribution in [0.4, 0.5) is 0 Å². The van der Waals surface area contributed by atoms with Crippen LogP contribution in [-0.2, 0) is 4.79 Å². The van der Waals surface area contributed by atoms with E-state index < -0.39 is 17.4 Å². The van der Waals surface area contributed by atoms with Gasteiger partial charge in [0.2, 0.25) is 0 Å². The Morgan fingerprint density at radius 3 is 2.83 bits per heavy atom. The zero-order chi connectivity index (χ0) is 16.8. The lowest BCUT2D eigenvalue weighted by atomic mass is 10.2. The monoisotopic (exact) mass is 317 g/mol. The number of amides is 1. The summed E-state index contributed by atoms with van der Waals surface area (Å²) >= 11 is 0. The fourth-order valence-electron chi connectivity index (χ4n) is 2.21. The maximum Gasteiger partial charge on any atom is 0.303 e. The topological polar surface area (TPSA) is 101 Å². The zero-order valence-electron chi connectivity index (χ0n) is 12.9. The molecule has 0 atom stereocenters. The van der Waals surface area contributed by atoms with Crippen molar-refractivity contribution in [3.8, 4) is 0 Å². The van der Waals surface area contributed by atoms with Gasteiger partial charge < -0.3 is 10.4 Å². The average molecular weight is 317 g/mol. The first-order valence-corrected chi connectivity index (χ1v) is 7.47. The molecule has 1 amide bonds. The van der Waals surface area contributed by atoms with E-state index in [2.05, 4.69) is 10.3 Å². The molecule has 2 heterocycles. The van der Waals surface area contributed by atoms with Gasteiger partial charge in [-0.05, 0) is 37.5 Å². The van der Waals surface area contributed by atoms with Gasteiger partial charge in [-0.15, -0.1) is 0 Å². The molecular formula is C16H19N3O4. The van der Waals surface area contributed by atoms with Crippen LogP contribution in [0, 0.1) is 6.92 Å². The number of hydrogen-bond acceptors (Lipinski definition) is 4. The molecule has 0 aromatic carbocycles. The van der Waals surface area contributed by atoms with Crippen molar-refractivity contribution in [2.24, 2.45) is 0 Å². The van der Waals surface area contributed by atoms with Gasteiger partial charge in [0.1, 0.15) is 11.2 Å². The van der Waals surface area contributed by atoms with Crippen LogP contribution in [0.3, 0.4) is 0 Å². The van der Waals surface area contributed by atoms with Crippen molar-refractivity contribution in [3.63, 3.8) is 0 Å². The first-order chi connectivity index (χ1) is 11.0. The van der Waals surface area contributed by atoms with Gasteiger partial charge >= 0.3 is 5.97 Å². The molecule has 2 aromatic rings. The van der Waals surface area contributed by atoms with Gasteiger partial charge in [0, 0.05) is 25.4 Å². The highest BCUT2D eigenvalue weighted by molar-refractivity contribution is 5.93. The van der Waals surface area contributed by atoms with E-state index >= 15 is 0 Å². The summed E-state index contributed by atoms with van der Waals surface area (Å²) in [5.74, 6) is -1.28. The van der Waals surface area contributed by atoms with E-state index in [9.17, 15) is 14.4 Å². The molecule has 0 saturated heterocycles. The van der Waals surface area contributed by atoms with E-state index in [0.29, 0.717) is 31.5 Å². The van der Waals surface area contributed by atoms with E-state index in [4.69, 9.17) is 5.11 Å². The number of nitrogens with zero attached hydrogens (tertiary/aromatic N) is 2. The first-order valence-electron chi connectivity index (χ1n) is 7.47. The summed E-state index contributed by atoms with van der Waals surface area (Å²) < 4.78 is 1.34. The highest BCUT2D eigenvalue weighted by Crippen LogP contribution is 2.03. The fraction of sp³-hybridized carbons (Fsp3) is 0.375. The van der Waals surface area contributed by atoms with Gasteiger partial charge in [-0.1, -0.05) is 6.42 Å². The second-order valence-corrected chi connectivity index (χ2v) is 5.37. The van der Waals surface area contributed by atoms with Crippen LogP contribution < -0.4 is 10.9 Å². The van der Waals surface area contributed by atoms with Crippen LogP contribution >= 0.6 is 0 Å². The summed E-state index contributed by atoms with van der Waals surface area (Å²) in [5, 5.41) is 11.2. The van der Waals surface area contributed by atoms with Crippen LogP contribution in [-0.4, -0.2) is 32.9 Å². The number of carbonyl (C=O) groups excluding carboxylic acids is 1. The van der Waals surface area contributed by atoms with Gasteiger partial charge in [0.05, 0.1) is 0 Å². The summed E-state index contributed by atoms with van der Waals surface area (Å²) in [6.07, 6.45) is 4.97. The average Bonchev–Trinajstić information content (AvgIpc) is 2.50. The highest BCUT2D eigenvalue weighted by Gasteiger charge is 2.12. The van der Waals surface area contributed by atoms with Crippen LogP contribution in [0.1, 0.15) is 41.6 Å². The minimum Gasteiger partial charge on any atom is -0.481 e. The summed E-state index contributed by atoms with van der Waals surface area (Å²) in [5.41, 5.74) is 1.07. The lowest BCUT2D eigenvalue weighted by Crippen LogP contribution is -2.32. The molecule has 23 heavy (non-hydrogen) atoms. The van der Waals surface area contributed by atoms with Crippen molar-refractivity contribution in [1.82, 2.24) is 14.7 Å². The lowest BCUT2D eigenvalue weighted by molar-refractivity contribution is -0.137. The van der Waals surface area contributed by atoms with Crippen molar-refractivity contribution in [1.29, 1.82) is 0 Å². The maximum absolute atomic E-state index is 12.3. The van der Waals surface area contributed by atoms with Crippen molar-refractivity contribution >= 4 is 17.5 Å². The number of carboxylic acid groups (broad SMARTS) is 1. The van der Waals surface area contributed by atoms with Gasteiger partial charge in [0.15, 0.2) is 0 Å². The Morgan fingerprint density at radius 1 is 1.30 bits per heavy atom. The Kier molecular flexibility index (Phi) is 5.46. The maximum atomic E-state index is 12.3. The van der Waals surface area contributed by atoms with Crippen molar-refractivity contribution < 1.29 is 14.7 Å². The Bertz CT molecular complexity index is 782. The number of aromatic nitrogens is 2. The van der Waals surface area contributed by atoms with E-state index in [1.54, 1.807) is 18.3 Å². The molecule has 2 rings (SSSR count). The molecule has 0 aliphatic heterocycles. The number of hydrogen-bond donors (Lipinski definition) is 2. The number of unbranched alkanes of at least 4 members (excludes halogenated alkanes) is 2. The van der Waals surface area contributed by atoms with Crippen molar-refractivity contribution in [2.75, 3.05) is 6.54 Å². The minimum atomic E-state index is -0.820. The Hall–Kier alpha value is -2.70. The van der Waals surface area contributed by atoms with Crippen LogP contribution in [0.2, 0.25) is 0 Å². The van der Waals surface area contributed by atoms with Crippen LogP contribution in [0.15, 0.2) is 29.3 Å². The molecular weight excluding hydrogens is 298 g/mol. The summed E-state index contributed by atoms with van der Waals surface area (Å²) in [6, 6.07) is 3.55. The number of pyridine rings is 1. The predicted molar refractivity (Wildman–Crippen MR) is 84.6 cm³/mol. The van der Waals surface area contributed by atoms with Crippen molar-refractivity contribution in [2.45, 2.75) is 32.6 Å². The van der Waals surface area contributed by atoms with Gasteiger partial charge in [-0.25, -0.2) is 4.98 Å². The van der Waals surface area contributed by atoms with E-state index in [1.807, 2.05) is 6.92 Å². The van der Waals surface area contributed by atoms with E-state index in [1.165, 1.54) is 10.6 Å². The molecule has 0 fully saturated rings. The summed E-state index contributed by atoms with van der Waals surface area (Å²) in [6.45, 7) is 2.30. The standard InChI is InChI=1S/C16H19N3O4/c1-11-6-8-19-13(9-11)18-10-12(16(19)23)15(22)17-7-4-2-3-5-14(20)21/h6,8-10H,2-5,7H2,1H3,(H,17,22)(H,20,21). The molecule has 7 nitrogen and oxygen atoms in total. The molecule has 122 valence electrons. The SMILES string of the molecule is Cc1ccn2c(=O)c(C(=O)NCCCCCC(=O)O)cnc2c1. The van der Waals surface area contributed by atoms with Crippen LogP contribution in [0.5, 0.6) is 0 Å². The number of carboxylic acids is 1. The van der Waals surface area contributed by atoms with Gasteiger partial charge in [-0.3, -0.25) is 18.8 Å². The Balaban J connectivity index is 1.96. The summed E-state index contributed by atoms with van der Waals surface area (Å²) in [4.78, 5) is 38.9. The lowest BCUT2D eigenvalue weighted by Gasteiger charge is -2.06. The van der Waals surface area contributed by atoms with Gasteiger partial charge in [-0.2, -0.15) is 0 Å². The second kappa shape index (κ2) is 7.53. The smallest absolute Gasteiger partial charge is 0.303 e. The molecule has 0 spiro atoms. The largest absolute Gasteiger partial charge is 0.481 e. The van der Waals surface area contributed by atoms with Gasteiger partial charge in [0.25, 0.3) is 11.5 Å². The Morgan fingerprint density at radius 2 is 2.09 bits per heavy atom. The number of nitrogens with one attached hydrogen (secondary N) is 1. The Labute approximate surface area is 133 Å². The van der Waals surface area contributed by atoms with E-state index in [-0.39, 0.29) is 12.0 Å². The third-order valence-electron chi connectivity index (χ3n) is 3.46. The third kappa shape index (κ3) is 4.38. The van der Waals surface area contributed by atoms with Crippen LogP contribution in [0.25, 0.3) is 5.65 Å². The normalized spacial score (nSPS) is 10.7. The highest BCUT2D eigenvalue weighted by atomic mass is 16.4. The summed E-state index contributed by atoms with van der Waals surface area (Å²) in [7, 11) is 0. The van der Waals surface area contributed by atoms with E-state index in [0.717, 1.165) is 5.56 Å². The minimum absolute atomic E-state index is 0.00288. The zero-order valence-corrected chi connectivity index (χ0v) is 12.9. The number of aliphatic carboxylic acids is 1. The quantitative estimate of drug-likeness (QED) is 0.751. The molecule has 0 aliphatic carbocycles.